The molecule has 4 rings (SSSR count). The second kappa shape index (κ2) is 9.04. The molecule has 7 N–H and O–H groups in total. The van der Waals surface area contributed by atoms with E-state index < -0.39 is 43.0 Å². The third-order valence-electron chi connectivity index (χ3n) is 5.48. The number of benzene rings is 1. The van der Waals surface area contributed by atoms with Crippen molar-refractivity contribution in [2.75, 3.05) is 19.5 Å². The van der Waals surface area contributed by atoms with Gasteiger partial charge in [0.15, 0.2) is 17.7 Å². The fraction of sp³-hybridized carbons (Fsp3) is 0.400. The van der Waals surface area contributed by atoms with E-state index in [0.717, 1.165) is 5.56 Å². The van der Waals surface area contributed by atoms with Crippen LogP contribution >= 0.6 is 0 Å². The first kappa shape index (κ1) is 21.9. The molecule has 0 bridgehead atoms. The van der Waals surface area contributed by atoms with E-state index in [1.54, 1.807) is 19.2 Å². The molecule has 0 spiro atoms. The van der Waals surface area contributed by atoms with Crippen LogP contribution < -0.4 is 21.5 Å². The second-order valence-electron chi connectivity index (χ2n) is 7.51. The molecule has 5 atom stereocenters. The number of carbonyl (C=O) groups is 1. The number of carbonyl (C=O) groups excluding carboxylic acids is 1. The third-order valence-corrected chi connectivity index (χ3v) is 5.48. The van der Waals surface area contributed by atoms with Crippen molar-refractivity contribution in [1.82, 2.24) is 24.8 Å². The predicted molar refractivity (Wildman–Crippen MR) is 113 cm³/mol. The molecule has 0 radical (unpaired) electrons. The maximum atomic E-state index is 12.7. The molecule has 170 valence electrons. The van der Waals surface area contributed by atoms with Gasteiger partial charge in [0.1, 0.15) is 29.8 Å². The minimum atomic E-state index is -1.20. The summed E-state index contributed by atoms with van der Waals surface area (Å²) >= 11 is 0. The van der Waals surface area contributed by atoms with Crippen LogP contribution in [0.3, 0.4) is 0 Å². The van der Waals surface area contributed by atoms with Gasteiger partial charge in [-0.15, -0.1) is 0 Å². The smallest absolute Gasteiger partial charge is 0.237 e. The number of nitrogens with two attached hydrogens (primary N) is 2. The highest BCUT2D eigenvalue weighted by Crippen LogP contribution is 2.32. The summed E-state index contributed by atoms with van der Waals surface area (Å²) in [6, 6.07) is 5.46. The Hall–Kier alpha value is -3.32. The Labute approximate surface area is 183 Å². The first-order valence-electron chi connectivity index (χ1n) is 9.99. The van der Waals surface area contributed by atoms with Gasteiger partial charge >= 0.3 is 0 Å². The standard InChI is InChI=1S/C20H25N7O5/c1-31-11-4-2-10(3-5-11)6-12(21)19(30)26-14-13(7-28)32-20(16(14)29)27-9-25-15-17(22)23-8-24-18(15)27/h2-5,8-9,12-14,16,20,28-29H,6-7,21H2,1H3,(H,26,30)(H2,22,23,24). The first-order chi connectivity index (χ1) is 15.4. The molecule has 1 aliphatic rings. The summed E-state index contributed by atoms with van der Waals surface area (Å²) in [5, 5.41) is 23.4. The Morgan fingerprint density at radius 2 is 2.06 bits per heavy atom. The van der Waals surface area contributed by atoms with E-state index in [1.807, 2.05) is 12.1 Å². The number of aliphatic hydroxyl groups excluding tert-OH is 2. The molecule has 5 unspecified atom stereocenters. The van der Waals surface area contributed by atoms with E-state index in [-0.39, 0.29) is 12.2 Å². The highest BCUT2D eigenvalue weighted by atomic mass is 16.5. The topological polar surface area (TPSA) is 184 Å². The van der Waals surface area contributed by atoms with Crippen molar-refractivity contribution < 1.29 is 24.5 Å². The number of hydrogen-bond donors (Lipinski definition) is 5. The van der Waals surface area contributed by atoms with E-state index in [2.05, 4.69) is 20.3 Å². The van der Waals surface area contributed by atoms with Crippen LogP contribution in [0.4, 0.5) is 5.82 Å². The lowest BCUT2D eigenvalue weighted by molar-refractivity contribution is -0.124. The van der Waals surface area contributed by atoms with Crippen molar-refractivity contribution in [1.29, 1.82) is 0 Å². The van der Waals surface area contributed by atoms with Crippen LogP contribution in [0.15, 0.2) is 36.9 Å². The molecule has 0 aliphatic carbocycles. The van der Waals surface area contributed by atoms with Gasteiger partial charge in [0, 0.05) is 0 Å². The predicted octanol–water partition coefficient (Wildman–Crippen LogP) is -1.28. The van der Waals surface area contributed by atoms with Gasteiger partial charge in [-0.05, 0) is 24.1 Å². The summed E-state index contributed by atoms with van der Waals surface area (Å²) < 4.78 is 12.4. The molecule has 3 heterocycles. The molecule has 1 aliphatic heterocycles. The summed E-state index contributed by atoms with van der Waals surface area (Å²) in [5.41, 5.74) is 13.5. The number of ether oxygens (including phenoxy) is 2. The molecular weight excluding hydrogens is 418 g/mol. The van der Waals surface area contributed by atoms with Gasteiger partial charge in [-0.3, -0.25) is 9.36 Å². The average molecular weight is 443 g/mol. The zero-order valence-electron chi connectivity index (χ0n) is 17.3. The second-order valence-corrected chi connectivity index (χ2v) is 7.51. The van der Waals surface area contributed by atoms with Gasteiger partial charge in [-0.2, -0.15) is 0 Å². The molecule has 1 saturated heterocycles. The minimum Gasteiger partial charge on any atom is -0.497 e. The lowest BCUT2D eigenvalue weighted by Crippen LogP contribution is -2.53. The number of fused-ring (bicyclic) bond motifs is 1. The van der Waals surface area contributed by atoms with Crippen molar-refractivity contribution in [3.63, 3.8) is 0 Å². The number of aliphatic hydroxyl groups is 2. The Balaban J connectivity index is 1.47. The maximum Gasteiger partial charge on any atom is 0.237 e. The van der Waals surface area contributed by atoms with Gasteiger partial charge in [-0.1, -0.05) is 12.1 Å². The van der Waals surface area contributed by atoms with E-state index in [1.165, 1.54) is 17.2 Å². The van der Waals surface area contributed by atoms with E-state index in [4.69, 9.17) is 20.9 Å². The van der Waals surface area contributed by atoms with E-state index in [0.29, 0.717) is 16.9 Å². The van der Waals surface area contributed by atoms with Gasteiger partial charge < -0.3 is 36.5 Å². The lowest BCUT2D eigenvalue weighted by Gasteiger charge is -2.23. The number of nitrogens with one attached hydrogen (secondary N) is 1. The summed E-state index contributed by atoms with van der Waals surface area (Å²) in [4.78, 5) is 24.9. The fourth-order valence-electron chi connectivity index (χ4n) is 3.74. The van der Waals surface area contributed by atoms with Crippen LogP contribution in [-0.2, 0) is 16.0 Å². The zero-order valence-corrected chi connectivity index (χ0v) is 17.3. The SMILES string of the molecule is COc1ccc(CC(N)C(=O)NC2C(CO)OC(n3cnc4c(N)ncnc43)C2O)cc1. The van der Waals surface area contributed by atoms with Crippen molar-refractivity contribution >= 4 is 22.9 Å². The monoisotopic (exact) mass is 443 g/mol. The van der Waals surface area contributed by atoms with Crippen LogP contribution in [0, 0.1) is 0 Å². The van der Waals surface area contributed by atoms with Crippen LogP contribution in [0.25, 0.3) is 11.2 Å². The molecule has 1 aromatic carbocycles. The third kappa shape index (κ3) is 4.08. The van der Waals surface area contributed by atoms with Crippen LogP contribution in [-0.4, -0.2) is 73.6 Å². The van der Waals surface area contributed by atoms with Crippen LogP contribution in [0.2, 0.25) is 0 Å². The minimum absolute atomic E-state index is 0.189. The molecule has 12 nitrogen and oxygen atoms in total. The number of imidazole rings is 1. The Morgan fingerprint density at radius 3 is 2.75 bits per heavy atom. The normalized spacial score (nSPS) is 23.9. The lowest BCUT2D eigenvalue weighted by atomic mass is 10.0. The van der Waals surface area contributed by atoms with Crippen molar-refractivity contribution in [3.8, 4) is 5.75 Å². The first-order valence-corrected chi connectivity index (χ1v) is 9.99. The molecule has 2 aromatic heterocycles. The quantitative estimate of drug-likeness (QED) is 0.295. The number of rotatable bonds is 7. The summed E-state index contributed by atoms with van der Waals surface area (Å²) in [5.74, 6) is 0.415. The Morgan fingerprint density at radius 1 is 1.31 bits per heavy atom. The van der Waals surface area contributed by atoms with E-state index >= 15 is 0 Å². The number of hydrogen-bond acceptors (Lipinski definition) is 10. The van der Waals surface area contributed by atoms with Crippen molar-refractivity contribution in [3.05, 3.63) is 42.5 Å². The molecule has 12 heteroatoms. The highest BCUT2D eigenvalue weighted by Gasteiger charge is 2.46. The highest BCUT2D eigenvalue weighted by molar-refractivity contribution is 5.82. The van der Waals surface area contributed by atoms with E-state index in [9.17, 15) is 15.0 Å². The number of anilines is 1. The fourth-order valence-corrected chi connectivity index (χ4v) is 3.74. The summed E-state index contributed by atoms with van der Waals surface area (Å²) in [6.45, 7) is -0.421. The van der Waals surface area contributed by atoms with Crippen LogP contribution in [0.1, 0.15) is 11.8 Å². The molecule has 3 aromatic rings. The van der Waals surface area contributed by atoms with Gasteiger partial charge in [0.25, 0.3) is 0 Å². The average Bonchev–Trinajstić information content (AvgIpc) is 3.36. The summed E-state index contributed by atoms with van der Waals surface area (Å²) in [6.07, 6.45) is -0.0265. The zero-order chi connectivity index (χ0) is 22.8. The molecule has 1 amide bonds. The number of aromatic nitrogens is 4. The number of nitrogen functional groups attached to an aromatic ring is 1. The molecule has 0 saturated carbocycles. The van der Waals surface area contributed by atoms with Crippen molar-refractivity contribution in [2.24, 2.45) is 5.73 Å². The largest absolute Gasteiger partial charge is 0.497 e. The molecule has 1 fully saturated rings. The van der Waals surface area contributed by atoms with Gasteiger partial charge in [0.2, 0.25) is 5.91 Å². The molecular formula is C20H25N7O5. The van der Waals surface area contributed by atoms with Gasteiger partial charge in [0.05, 0.1) is 32.1 Å². The Kier molecular flexibility index (Phi) is 6.19. The Bertz CT molecular complexity index is 1090. The number of methoxy groups -OCH3 is 1. The summed E-state index contributed by atoms with van der Waals surface area (Å²) in [7, 11) is 1.57. The molecule has 32 heavy (non-hydrogen) atoms. The maximum absolute atomic E-state index is 12.7. The van der Waals surface area contributed by atoms with Gasteiger partial charge in [-0.25, -0.2) is 15.0 Å². The number of nitrogens with zero attached hydrogens (tertiary/aromatic N) is 4. The number of amides is 1. The van der Waals surface area contributed by atoms with Crippen LogP contribution in [0.5, 0.6) is 5.75 Å². The van der Waals surface area contributed by atoms with Crippen molar-refractivity contribution in [2.45, 2.75) is 36.9 Å².